The van der Waals surface area contributed by atoms with Gasteiger partial charge in [0.15, 0.2) is 0 Å². The molecule has 1 aromatic heterocycles. The maximum atomic E-state index is 9.00. The van der Waals surface area contributed by atoms with Crippen molar-refractivity contribution in [2.75, 3.05) is 0 Å². The first-order valence-corrected chi connectivity index (χ1v) is 5.09. The van der Waals surface area contributed by atoms with Gasteiger partial charge in [0.2, 0.25) is 0 Å². The van der Waals surface area contributed by atoms with Gasteiger partial charge < -0.3 is 5.11 Å². The first kappa shape index (κ1) is 10.1. The van der Waals surface area contributed by atoms with Crippen LogP contribution in [0.25, 0.3) is 0 Å². The summed E-state index contributed by atoms with van der Waals surface area (Å²) in [5.74, 6) is 0.275. The zero-order chi connectivity index (χ0) is 10.7. The van der Waals surface area contributed by atoms with Crippen LogP contribution in [0.4, 0.5) is 0 Å². The Balaban J connectivity index is 2.24. The fraction of sp³-hybridized carbons (Fsp3) is 0.333. The molecule has 0 saturated heterocycles. The third-order valence-corrected chi connectivity index (χ3v) is 2.62. The summed E-state index contributed by atoms with van der Waals surface area (Å²) < 4.78 is 0. The lowest BCUT2D eigenvalue weighted by molar-refractivity contribution is 0.276. The number of aromatic nitrogens is 1. The van der Waals surface area contributed by atoms with Crippen molar-refractivity contribution in [3.63, 3.8) is 0 Å². The van der Waals surface area contributed by atoms with Gasteiger partial charge in [0.05, 0.1) is 12.3 Å². The molecule has 1 aliphatic heterocycles. The number of aliphatic hydroxyl groups excluding tert-OH is 1. The van der Waals surface area contributed by atoms with E-state index in [2.05, 4.69) is 23.0 Å². The minimum absolute atomic E-state index is 0.0110. The van der Waals surface area contributed by atoms with E-state index in [0.29, 0.717) is 5.69 Å². The Morgan fingerprint density at radius 1 is 1.53 bits per heavy atom. The van der Waals surface area contributed by atoms with Gasteiger partial charge in [-0.25, -0.2) is 0 Å². The number of nitrogens with zero attached hydrogens (tertiary/aromatic N) is 2. The largest absolute Gasteiger partial charge is 0.390 e. The molecule has 3 heteroatoms. The summed E-state index contributed by atoms with van der Waals surface area (Å²) in [7, 11) is 0. The van der Waals surface area contributed by atoms with Gasteiger partial charge in [-0.15, -0.1) is 0 Å². The zero-order valence-corrected chi connectivity index (χ0v) is 8.72. The lowest BCUT2D eigenvalue weighted by Crippen LogP contribution is -1.98. The number of aliphatic imine (C=N–C) groups is 1. The van der Waals surface area contributed by atoms with E-state index in [1.807, 2.05) is 18.3 Å². The van der Waals surface area contributed by atoms with Crippen molar-refractivity contribution in [1.29, 1.82) is 0 Å². The van der Waals surface area contributed by atoms with Gasteiger partial charge in [0, 0.05) is 30.4 Å². The molecule has 1 aromatic rings. The second-order valence-corrected chi connectivity index (χ2v) is 3.64. The number of pyridine rings is 1. The van der Waals surface area contributed by atoms with Crippen molar-refractivity contribution < 1.29 is 5.11 Å². The number of rotatable bonds is 3. The Morgan fingerprint density at radius 2 is 2.40 bits per heavy atom. The third kappa shape index (κ3) is 2.13. The van der Waals surface area contributed by atoms with Crippen LogP contribution in [0.5, 0.6) is 0 Å². The van der Waals surface area contributed by atoms with Crippen LogP contribution in [-0.4, -0.2) is 16.3 Å². The molecule has 1 atom stereocenters. The summed E-state index contributed by atoms with van der Waals surface area (Å²) in [5, 5.41) is 9.00. The quantitative estimate of drug-likeness (QED) is 0.815. The van der Waals surface area contributed by atoms with Crippen LogP contribution in [0.2, 0.25) is 0 Å². The molecule has 78 valence electrons. The average Bonchev–Trinajstić information content (AvgIpc) is 2.81. The van der Waals surface area contributed by atoms with Gasteiger partial charge >= 0.3 is 0 Å². The Hall–Kier alpha value is -1.48. The number of allylic oxidation sites excluding steroid dienone is 2. The van der Waals surface area contributed by atoms with Crippen molar-refractivity contribution in [3.05, 3.63) is 41.4 Å². The highest BCUT2D eigenvalue weighted by Gasteiger charge is 2.12. The molecular weight excluding hydrogens is 188 g/mol. The minimum atomic E-state index is -0.0110. The molecule has 2 rings (SSSR count). The predicted molar refractivity (Wildman–Crippen MR) is 59.8 cm³/mol. The molecule has 0 aromatic carbocycles. The number of aliphatic hydroxyl groups is 1. The SMILES string of the molecule is CC(C1=CCC=N1)c1ccnc(CO)c1. The van der Waals surface area contributed by atoms with E-state index in [1.54, 1.807) is 6.20 Å². The monoisotopic (exact) mass is 202 g/mol. The van der Waals surface area contributed by atoms with E-state index in [1.165, 1.54) is 0 Å². The molecule has 0 aliphatic carbocycles. The summed E-state index contributed by atoms with van der Waals surface area (Å²) in [5.41, 5.74) is 2.96. The second kappa shape index (κ2) is 4.36. The van der Waals surface area contributed by atoms with Gasteiger partial charge in [-0.1, -0.05) is 13.0 Å². The molecule has 15 heavy (non-hydrogen) atoms. The lowest BCUT2D eigenvalue weighted by Gasteiger charge is -2.11. The highest BCUT2D eigenvalue weighted by atomic mass is 16.3. The first-order chi connectivity index (χ1) is 7.31. The molecule has 0 saturated carbocycles. The molecule has 1 N–H and O–H groups in total. The van der Waals surface area contributed by atoms with Gasteiger partial charge in [-0.05, 0) is 17.7 Å². The summed E-state index contributed by atoms with van der Waals surface area (Å²) in [6.45, 7) is 2.11. The van der Waals surface area contributed by atoms with Crippen LogP contribution < -0.4 is 0 Å². The number of hydrogen-bond donors (Lipinski definition) is 1. The maximum absolute atomic E-state index is 9.00. The van der Waals surface area contributed by atoms with E-state index < -0.39 is 0 Å². The van der Waals surface area contributed by atoms with Crippen molar-refractivity contribution in [2.24, 2.45) is 4.99 Å². The van der Waals surface area contributed by atoms with Crippen LogP contribution >= 0.6 is 0 Å². The third-order valence-electron chi connectivity index (χ3n) is 2.62. The van der Waals surface area contributed by atoms with Crippen LogP contribution in [0.15, 0.2) is 35.1 Å². The zero-order valence-electron chi connectivity index (χ0n) is 8.72. The summed E-state index contributed by atoms with van der Waals surface area (Å²) in [4.78, 5) is 8.38. The molecule has 2 heterocycles. The second-order valence-electron chi connectivity index (χ2n) is 3.64. The Kier molecular flexibility index (Phi) is 2.92. The highest BCUT2D eigenvalue weighted by molar-refractivity contribution is 5.65. The molecular formula is C12H14N2O. The summed E-state index contributed by atoms with van der Waals surface area (Å²) in [6, 6.07) is 3.90. The summed E-state index contributed by atoms with van der Waals surface area (Å²) >= 11 is 0. The van der Waals surface area contributed by atoms with Crippen molar-refractivity contribution in [3.8, 4) is 0 Å². The fourth-order valence-corrected chi connectivity index (χ4v) is 1.70. The normalized spacial score (nSPS) is 16.5. The minimum Gasteiger partial charge on any atom is -0.390 e. The van der Waals surface area contributed by atoms with E-state index in [4.69, 9.17) is 5.11 Å². The van der Waals surface area contributed by atoms with Crippen molar-refractivity contribution in [1.82, 2.24) is 4.98 Å². The molecule has 0 fully saturated rings. The van der Waals surface area contributed by atoms with E-state index in [0.717, 1.165) is 17.7 Å². The first-order valence-electron chi connectivity index (χ1n) is 5.09. The fourth-order valence-electron chi connectivity index (χ4n) is 1.70. The molecule has 1 aliphatic rings. The van der Waals surface area contributed by atoms with E-state index in [9.17, 15) is 0 Å². The Morgan fingerprint density at radius 3 is 3.07 bits per heavy atom. The smallest absolute Gasteiger partial charge is 0.0853 e. The van der Waals surface area contributed by atoms with Crippen LogP contribution in [-0.2, 0) is 6.61 Å². The Labute approximate surface area is 89.2 Å². The van der Waals surface area contributed by atoms with Gasteiger partial charge in [-0.3, -0.25) is 9.98 Å². The molecule has 0 amide bonds. The van der Waals surface area contributed by atoms with Crippen LogP contribution in [0, 0.1) is 0 Å². The molecule has 0 radical (unpaired) electrons. The standard InChI is InChI=1S/C12H14N2O/c1-9(12-3-2-5-14-12)10-4-6-13-11(7-10)8-15/h3-7,9,15H,2,8H2,1H3. The molecule has 0 spiro atoms. The highest BCUT2D eigenvalue weighted by Crippen LogP contribution is 2.26. The van der Waals surface area contributed by atoms with E-state index in [-0.39, 0.29) is 12.5 Å². The van der Waals surface area contributed by atoms with Crippen molar-refractivity contribution >= 4 is 6.21 Å². The van der Waals surface area contributed by atoms with Crippen LogP contribution in [0.1, 0.15) is 30.5 Å². The van der Waals surface area contributed by atoms with Gasteiger partial charge in [-0.2, -0.15) is 0 Å². The number of hydrogen-bond acceptors (Lipinski definition) is 3. The molecule has 3 nitrogen and oxygen atoms in total. The molecule has 0 bridgehead atoms. The maximum Gasteiger partial charge on any atom is 0.0853 e. The van der Waals surface area contributed by atoms with Gasteiger partial charge in [0.25, 0.3) is 0 Å². The Bertz CT molecular complexity index is 410. The average molecular weight is 202 g/mol. The van der Waals surface area contributed by atoms with Crippen molar-refractivity contribution in [2.45, 2.75) is 25.9 Å². The molecule has 1 unspecified atom stereocenters. The van der Waals surface area contributed by atoms with Gasteiger partial charge in [0.1, 0.15) is 0 Å². The predicted octanol–water partition coefficient (Wildman–Crippen LogP) is 2.04. The summed E-state index contributed by atoms with van der Waals surface area (Å²) in [6.07, 6.45) is 6.71. The topological polar surface area (TPSA) is 45.5 Å². The van der Waals surface area contributed by atoms with Crippen LogP contribution in [0.3, 0.4) is 0 Å². The lowest BCUT2D eigenvalue weighted by atomic mass is 9.98. The van der Waals surface area contributed by atoms with E-state index >= 15 is 0 Å².